The lowest BCUT2D eigenvalue weighted by Crippen LogP contribution is -2.35. The van der Waals surface area contributed by atoms with Gasteiger partial charge in [-0.25, -0.2) is 4.68 Å². The van der Waals surface area contributed by atoms with E-state index in [0.717, 1.165) is 31.4 Å². The third-order valence-corrected chi connectivity index (χ3v) is 6.59. The smallest absolute Gasteiger partial charge is 0.383 e. The quantitative estimate of drug-likeness (QED) is 0.685. The number of amides is 2. The lowest BCUT2D eigenvalue weighted by atomic mass is 9.72. The van der Waals surface area contributed by atoms with E-state index in [1.54, 1.807) is 16.5 Å². The third-order valence-electron chi connectivity index (χ3n) is 6.59. The molecule has 174 valence electrons. The summed E-state index contributed by atoms with van der Waals surface area (Å²) in [5, 5.41) is 4.47. The van der Waals surface area contributed by atoms with Crippen molar-refractivity contribution in [3.8, 4) is 23.1 Å². The highest BCUT2D eigenvalue weighted by atomic mass is 19.4. The van der Waals surface area contributed by atoms with E-state index in [4.69, 9.17) is 11.5 Å². The van der Waals surface area contributed by atoms with Crippen LogP contribution in [0.15, 0.2) is 24.3 Å². The normalized spacial score (nSPS) is 22.4. The van der Waals surface area contributed by atoms with Crippen molar-refractivity contribution in [3.05, 3.63) is 35.4 Å². The predicted octanol–water partition coefficient (Wildman–Crippen LogP) is 3.07. The maximum Gasteiger partial charge on any atom is 0.416 e. The van der Waals surface area contributed by atoms with E-state index in [2.05, 4.69) is 16.9 Å². The molecule has 10 heteroatoms. The van der Waals surface area contributed by atoms with Crippen LogP contribution in [0.4, 0.5) is 19.0 Å². The number of alkyl halides is 3. The number of carbonyl (C=O) groups excluding carboxylic acids is 2. The molecule has 2 aromatic rings. The molecule has 0 radical (unpaired) electrons. The summed E-state index contributed by atoms with van der Waals surface area (Å²) in [7, 11) is 0. The van der Waals surface area contributed by atoms with Crippen LogP contribution in [-0.4, -0.2) is 39.6 Å². The molecule has 4 N–H and O–H groups in total. The van der Waals surface area contributed by atoms with Crippen molar-refractivity contribution >= 4 is 17.6 Å². The highest BCUT2D eigenvalue weighted by Gasteiger charge is 2.41. The number of likely N-dealkylation sites (tertiary alicyclic amines) is 1. The van der Waals surface area contributed by atoms with Crippen molar-refractivity contribution in [3.63, 3.8) is 0 Å². The van der Waals surface area contributed by atoms with E-state index in [9.17, 15) is 22.8 Å². The minimum absolute atomic E-state index is 0.00832. The first kappa shape index (κ1) is 22.7. The number of primary amides is 1. The summed E-state index contributed by atoms with van der Waals surface area (Å²) < 4.78 is 40.2. The fourth-order valence-corrected chi connectivity index (χ4v) is 4.74. The monoisotopic (exact) mass is 459 g/mol. The molecule has 1 aliphatic heterocycles. The second kappa shape index (κ2) is 8.46. The Morgan fingerprint density at radius 3 is 2.39 bits per heavy atom. The van der Waals surface area contributed by atoms with Crippen LogP contribution in [0.5, 0.6) is 0 Å². The zero-order chi connectivity index (χ0) is 23.9. The summed E-state index contributed by atoms with van der Waals surface area (Å²) >= 11 is 0. The van der Waals surface area contributed by atoms with Crippen LogP contribution >= 0.6 is 0 Å². The van der Waals surface area contributed by atoms with Crippen LogP contribution in [0.2, 0.25) is 0 Å². The molecule has 1 unspecified atom stereocenters. The zero-order valence-electron chi connectivity index (χ0n) is 18.0. The Labute approximate surface area is 188 Å². The first-order valence-corrected chi connectivity index (χ1v) is 10.7. The number of hydrogen-bond donors (Lipinski definition) is 2. The van der Waals surface area contributed by atoms with Crippen molar-refractivity contribution in [1.82, 2.24) is 14.7 Å². The SMILES string of the molecule is CC#CC(=O)N1CCC(C2CC(n3nc(-c4ccc(C(F)(F)F)cc4)c(C(N)=O)c3N)C2)C1. The van der Waals surface area contributed by atoms with Gasteiger partial charge < -0.3 is 16.4 Å². The van der Waals surface area contributed by atoms with Crippen LogP contribution in [0.25, 0.3) is 11.3 Å². The van der Waals surface area contributed by atoms with Crippen molar-refractivity contribution in [2.45, 2.75) is 38.4 Å². The minimum Gasteiger partial charge on any atom is -0.383 e. The van der Waals surface area contributed by atoms with Crippen molar-refractivity contribution in [2.24, 2.45) is 17.6 Å². The van der Waals surface area contributed by atoms with E-state index >= 15 is 0 Å². The molecule has 1 aromatic heterocycles. The summed E-state index contributed by atoms with van der Waals surface area (Å²) in [5.41, 5.74) is 11.4. The average molecular weight is 459 g/mol. The van der Waals surface area contributed by atoms with Gasteiger partial charge >= 0.3 is 6.18 Å². The van der Waals surface area contributed by atoms with Gasteiger partial charge in [0.2, 0.25) is 0 Å². The summed E-state index contributed by atoms with van der Waals surface area (Å²) in [6.07, 6.45) is -1.99. The Morgan fingerprint density at radius 1 is 1.15 bits per heavy atom. The Kier molecular flexibility index (Phi) is 5.82. The fraction of sp³-hybridized carbons (Fsp3) is 0.435. The fourth-order valence-electron chi connectivity index (χ4n) is 4.74. The minimum atomic E-state index is -4.46. The lowest BCUT2D eigenvalue weighted by Gasteiger charge is -2.39. The molecule has 1 saturated heterocycles. The molecule has 4 rings (SSSR count). The number of nitrogen functional groups attached to an aromatic ring is 1. The first-order valence-electron chi connectivity index (χ1n) is 10.7. The highest BCUT2D eigenvalue weighted by molar-refractivity contribution is 6.03. The van der Waals surface area contributed by atoms with Gasteiger partial charge in [0.05, 0.1) is 11.6 Å². The van der Waals surface area contributed by atoms with Gasteiger partial charge in [-0.3, -0.25) is 9.59 Å². The largest absolute Gasteiger partial charge is 0.416 e. The van der Waals surface area contributed by atoms with Gasteiger partial charge in [-0.2, -0.15) is 18.3 Å². The van der Waals surface area contributed by atoms with Crippen LogP contribution in [-0.2, 0) is 11.0 Å². The average Bonchev–Trinajstić information content (AvgIpc) is 3.32. The number of aromatic nitrogens is 2. The second-order valence-corrected chi connectivity index (χ2v) is 8.55. The van der Waals surface area contributed by atoms with E-state index in [1.807, 2.05) is 0 Å². The molecule has 2 amide bonds. The second-order valence-electron chi connectivity index (χ2n) is 8.55. The predicted molar refractivity (Wildman–Crippen MR) is 115 cm³/mol. The van der Waals surface area contributed by atoms with E-state index in [1.165, 1.54) is 12.1 Å². The molecule has 2 aliphatic rings. The van der Waals surface area contributed by atoms with Gasteiger partial charge in [-0.15, -0.1) is 0 Å². The number of hydrogen-bond acceptors (Lipinski definition) is 4. The van der Waals surface area contributed by atoms with Gasteiger partial charge in [-0.05, 0) is 56.1 Å². The summed E-state index contributed by atoms with van der Waals surface area (Å²) in [6, 6.07) is 4.34. The highest BCUT2D eigenvalue weighted by Crippen LogP contribution is 2.46. The van der Waals surface area contributed by atoms with Crippen molar-refractivity contribution < 1.29 is 22.8 Å². The number of anilines is 1. The number of nitrogens with two attached hydrogens (primary N) is 2. The molecule has 1 aliphatic carbocycles. The zero-order valence-corrected chi connectivity index (χ0v) is 18.0. The molecule has 1 saturated carbocycles. The Balaban J connectivity index is 1.51. The Bertz CT molecular complexity index is 1140. The number of halogens is 3. The summed E-state index contributed by atoms with van der Waals surface area (Å²) in [4.78, 5) is 25.8. The van der Waals surface area contributed by atoms with Crippen molar-refractivity contribution in [1.29, 1.82) is 0 Å². The lowest BCUT2D eigenvalue weighted by molar-refractivity contribution is -0.137. The number of rotatable bonds is 4. The summed E-state index contributed by atoms with van der Waals surface area (Å²) in [6.45, 7) is 2.99. The number of nitrogens with zero attached hydrogens (tertiary/aromatic N) is 3. The van der Waals surface area contributed by atoms with Crippen LogP contribution in [0.3, 0.4) is 0 Å². The maximum atomic E-state index is 12.9. The van der Waals surface area contributed by atoms with Crippen molar-refractivity contribution in [2.75, 3.05) is 18.8 Å². The van der Waals surface area contributed by atoms with Gasteiger partial charge in [-0.1, -0.05) is 18.1 Å². The summed E-state index contributed by atoms with van der Waals surface area (Å²) in [5.74, 6) is 5.13. The molecule has 1 aromatic carbocycles. The van der Waals surface area contributed by atoms with E-state index in [0.29, 0.717) is 30.5 Å². The molecule has 33 heavy (non-hydrogen) atoms. The molecule has 0 bridgehead atoms. The Morgan fingerprint density at radius 2 is 1.82 bits per heavy atom. The third kappa shape index (κ3) is 4.27. The van der Waals surface area contributed by atoms with Crippen LogP contribution in [0, 0.1) is 23.7 Å². The van der Waals surface area contributed by atoms with Gasteiger partial charge in [0.25, 0.3) is 11.8 Å². The van der Waals surface area contributed by atoms with Gasteiger partial charge in [0, 0.05) is 18.7 Å². The standard InChI is InChI=1S/C23H24F3N5O2/c1-2-3-18(32)30-9-8-14(12-30)15-10-17(11-15)31-21(27)19(22(28)33)20(29-31)13-4-6-16(7-5-13)23(24,25)26/h4-7,14-15,17H,8-12,27H2,1H3,(H2,28,33). The molecular formula is C23H24F3N5O2. The Hall–Kier alpha value is -3.48. The molecular weight excluding hydrogens is 435 g/mol. The molecule has 2 fully saturated rings. The topological polar surface area (TPSA) is 107 Å². The van der Waals surface area contributed by atoms with E-state index < -0.39 is 17.6 Å². The molecule has 0 spiro atoms. The number of carbonyl (C=O) groups is 2. The number of benzene rings is 1. The molecule has 1 atom stereocenters. The van der Waals surface area contributed by atoms with Gasteiger partial charge in [0.15, 0.2) is 0 Å². The van der Waals surface area contributed by atoms with E-state index in [-0.39, 0.29) is 29.0 Å². The van der Waals surface area contributed by atoms with Crippen LogP contribution in [0.1, 0.15) is 48.1 Å². The van der Waals surface area contributed by atoms with Gasteiger partial charge in [0.1, 0.15) is 17.1 Å². The molecule has 2 heterocycles. The molecule has 7 nitrogen and oxygen atoms in total. The first-order chi connectivity index (χ1) is 15.6. The maximum absolute atomic E-state index is 12.9. The van der Waals surface area contributed by atoms with Crippen LogP contribution < -0.4 is 11.5 Å².